The van der Waals surface area contributed by atoms with Gasteiger partial charge in [-0.2, -0.15) is 0 Å². The van der Waals surface area contributed by atoms with E-state index in [0.717, 1.165) is 18.0 Å². The summed E-state index contributed by atoms with van der Waals surface area (Å²) in [5.41, 5.74) is 7.78. The number of nitrogens with zero attached hydrogens (tertiary/aromatic N) is 2. The summed E-state index contributed by atoms with van der Waals surface area (Å²) in [7, 11) is 0. The number of hydrogen-bond acceptors (Lipinski definition) is 4. The minimum Gasteiger partial charge on any atom is -0.361 e. The molecule has 2 rings (SSSR count). The Balaban J connectivity index is 2.03. The van der Waals surface area contributed by atoms with E-state index in [1.807, 2.05) is 6.92 Å². The quantitative estimate of drug-likeness (QED) is 0.849. The third-order valence-corrected chi connectivity index (χ3v) is 3.34. The minimum atomic E-state index is 0.473. The van der Waals surface area contributed by atoms with E-state index in [1.54, 1.807) is 0 Å². The molecule has 0 aromatic carbocycles. The van der Waals surface area contributed by atoms with Crippen molar-refractivity contribution < 1.29 is 4.52 Å². The van der Waals surface area contributed by atoms with Crippen molar-refractivity contribution in [3.8, 4) is 0 Å². The second kappa shape index (κ2) is 5.46. The lowest BCUT2D eigenvalue weighted by Crippen LogP contribution is -2.25. The number of aryl methyl sites for hydroxylation is 1. The van der Waals surface area contributed by atoms with Crippen molar-refractivity contribution in [2.45, 2.75) is 45.7 Å². The summed E-state index contributed by atoms with van der Waals surface area (Å²) in [6.45, 7) is 5.77. The molecule has 0 bridgehead atoms. The van der Waals surface area contributed by atoms with Crippen molar-refractivity contribution in [3.63, 3.8) is 0 Å². The predicted molar refractivity (Wildman–Crippen MR) is 62.9 cm³/mol. The third kappa shape index (κ3) is 2.62. The molecule has 1 fully saturated rings. The Bertz CT molecular complexity index is 327. The Morgan fingerprint density at radius 1 is 1.25 bits per heavy atom. The van der Waals surface area contributed by atoms with Gasteiger partial charge in [0.2, 0.25) is 0 Å². The molecule has 0 spiro atoms. The molecule has 1 saturated heterocycles. The van der Waals surface area contributed by atoms with Crippen molar-refractivity contribution in [2.75, 3.05) is 13.1 Å². The summed E-state index contributed by atoms with van der Waals surface area (Å²) in [5, 5.41) is 4.00. The maximum atomic E-state index is 5.66. The molecule has 0 atom stereocenters. The maximum absolute atomic E-state index is 5.66. The highest BCUT2D eigenvalue weighted by molar-refractivity contribution is 5.21. The maximum Gasteiger partial charge on any atom is 0.138 e. The molecule has 0 saturated carbocycles. The van der Waals surface area contributed by atoms with Gasteiger partial charge < -0.3 is 10.3 Å². The number of aromatic nitrogens is 1. The molecular formula is C12H21N3O. The monoisotopic (exact) mass is 223 g/mol. The van der Waals surface area contributed by atoms with Gasteiger partial charge in [0.25, 0.3) is 0 Å². The van der Waals surface area contributed by atoms with E-state index in [4.69, 9.17) is 10.3 Å². The SMILES string of the molecule is Cc1onc(CN)c1CN1CCCCCC1. The smallest absolute Gasteiger partial charge is 0.138 e. The van der Waals surface area contributed by atoms with Crippen molar-refractivity contribution in [1.29, 1.82) is 0 Å². The summed E-state index contributed by atoms with van der Waals surface area (Å²) in [5.74, 6) is 0.921. The van der Waals surface area contributed by atoms with Crippen LogP contribution in [0.3, 0.4) is 0 Å². The van der Waals surface area contributed by atoms with Crippen molar-refractivity contribution in [2.24, 2.45) is 5.73 Å². The minimum absolute atomic E-state index is 0.473. The van der Waals surface area contributed by atoms with E-state index >= 15 is 0 Å². The summed E-state index contributed by atoms with van der Waals surface area (Å²) in [6, 6.07) is 0. The first-order chi connectivity index (χ1) is 7.81. The van der Waals surface area contributed by atoms with Gasteiger partial charge in [-0.15, -0.1) is 0 Å². The van der Waals surface area contributed by atoms with E-state index in [0.29, 0.717) is 6.54 Å². The summed E-state index contributed by atoms with van der Waals surface area (Å²) < 4.78 is 5.20. The molecule has 90 valence electrons. The van der Waals surface area contributed by atoms with Crippen LogP contribution in [-0.2, 0) is 13.1 Å². The Kier molecular flexibility index (Phi) is 3.96. The lowest BCUT2D eigenvalue weighted by Gasteiger charge is -2.19. The van der Waals surface area contributed by atoms with E-state index < -0.39 is 0 Å². The molecule has 0 unspecified atom stereocenters. The summed E-state index contributed by atoms with van der Waals surface area (Å²) >= 11 is 0. The van der Waals surface area contributed by atoms with Crippen LogP contribution >= 0.6 is 0 Å². The number of hydrogen-bond donors (Lipinski definition) is 1. The van der Waals surface area contributed by atoms with Gasteiger partial charge in [0.15, 0.2) is 0 Å². The van der Waals surface area contributed by atoms with Gasteiger partial charge in [0.1, 0.15) is 11.5 Å². The highest BCUT2D eigenvalue weighted by Crippen LogP contribution is 2.18. The predicted octanol–water partition coefficient (Wildman–Crippen LogP) is 1.82. The van der Waals surface area contributed by atoms with E-state index in [9.17, 15) is 0 Å². The molecule has 1 aromatic rings. The molecule has 0 aliphatic carbocycles. The second-order valence-corrected chi connectivity index (χ2v) is 4.56. The van der Waals surface area contributed by atoms with Gasteiger partial charge >= 0.3 is 0 Å². The first-order valence-electron chi connectivity index (χ1n) is 6.17. The van der Waals surface area contributed by atoms with Crippen LogP contribution in [0.1, 0.15) is 42.7 Å². The molecular weight excluding hydrogens is 202 g/mol. The van der Waals surface area contributed by atoms with Crippen LogP contribution in [0.5, 0.6) is 0 Å². The molecule has 1 aromatic heterocycles. The molecule has 4 heteroatoms. The molecule has 1 aliphatic heterocycles. The molecule has 16 heavy (non-hydrogen) atoms. The average molecular weight is 223 g/mol. The molecule has 4 nitrogen and oxygen atoms in total. The lowest BCUT2D eigenvalue weighted by atomic mass is 10.1. The molecule has 2 N–H and O–H groups in total. The Labute approximate surface area is 96.8 Å². The van der Waals surface area contributed by atoms with Crippen LogP contribution < -0.4 is 5.73 Å². The van der Waals surface area contributed by atoms with Gasteiger partial charge in [-0.25, -0.2) is 0 Å². The Morgan fingerprint density at radius 2 is 1.94 bits per heavy atom. The number of likely N-dealkylation sites (tertiary alicyclic amines) is 1. The summed E-state index contributed by atoms with van der Waals surface area (Å²) in [4.78, 5) is 2.49. The van der Waals surface area contributed by atoms with Crippen LogP contribution in [0, 0.1) is 6.92 Å². The van der Waals surface area contributed by atoms with Gasteiger partial charge in [0, 0.05) is 18.7 Å². The first kappa shape index (κ1) is 11.6. The fraction of sp³-hybridized carbons (Fsp3) is 0.750. The molecule has 0 radical (unpaired) electrons. The highest BCUT2D eigenvalue weighted by Gasteiger charge is 2.16. The molecule has 0 amide bonds. The fourth-order valence-electron chi connectivity index (χ4n) is 2.32. The van der Waals surface area contributed by atoms with Crippen molar-refractivity contribution in [1.82, 2.24) is 10.1 Å². The largest absolute Gasteiger partial charge is 0.361 e. The second-order valence-electron chi connectivity index (χ2n) is 4.56. The zero-order valence-electron chi connectivity index (χ0n) is 10.0. The molecule has 2 heterocycles. The Morgan fingerprint density at radius 3 is 2.56 bits per heavy atom. The van der Waals surface area contributed by atoms with E-state index in [2.05, 4.69) is 10.1 Å². The van der Waals surface area contributed by atoms with E-state index in [-0.39, 0.29) is 0 Å². The normalized spacial score (nSPS) is 18.6. The average Bonchev–Trinajstić information content (AvgIpc) is 2.52. The zero-order chi connectivity index (χ0) is 11.4. The van der Waals surface area contributed by atoms with Crippen molar-refractivity contribution in [3.05, 3.63) is 17.0 Å². The fourth-order valence-corrected chi connectivity index (χ4v) is 2.32. The van der Waals surface area contributed by atoms with Gasteiger partial charge in [-0.1, -0.05) is 18.0 Å². The van der Waals surface area contributed by atoms with Gasteiger partial charge in [0.05, 0.1) is 0 Å². The van der Waals surface area contributed by atoms with Gasteiger partial charge in [-0.05, 0) is 32.9 Å². The lowest BCUT2D eigenvalue weighted by molar-refractivity contribution is 0.274. The third-order valence-electron chi connectivity index (χ3n) is 3.34. The topological polar surface area (TPSA) is 55.3 Å². The number of rotatable bonds is 3. The van der Waals surface area contributed by atoms with Crippen LogP contribution in [0.2, 0.25) is 0 Å². The van der Waals surface area contributed by atoms with Crippen LogP contribution in [0.4, 0.5) is 0 Å². The Hall–Kier alpha value is -0.870. The van der Waals surface area contributed by atoms with E-state index in [1.165, 1.54) is 44.3 Å². The van der Waals surface area contributed by atoms with Crippen LogP contribution in [0.25, 0.3) is 0 Å². The summed E-state index contributed by atoms with van der Waals surface area (Å²) in [6.07, 6.45) is 5.34. The van der Waals surface area contributed by atoms with Gasteiger partial charge in [-0.3, -0.25) is 4.90 Å². The highest BCUT2D eigenvalue weighted by atomic mass is 16.5. The number of nitrogens with two attached hydrogens (primary N) is 1. The first-order valence-corrected chi connectivity index (χ1v) is 6.17. The van der Waals surface area contributed by atoms with Crippen LogP contribution in [-0.4, -0.2) is 23.1 Å². The standard InChI is InChI=1S/C12H21N3O/c1-10-11(12(8-13)14-16-10)9-15-6-4-2-3-5-7-15/h2-9,13H2,1H3. The van der Waals surface area contributed by atoms with Crippen LogP contribution in [0.15, 0.2) is 4.52 Å². The zero-order valence-corrected chi connectivity index (χ0v) is 10.0. The van der Waals surface area contributed by atoms with Crippen molar-refractivity contribution >= 4 is 0 Å². The molecule has 1 aliphatic rings.